The molecule has 2 nitrogen and oxygen atoms in total. The maximum Gasteiger partial charge on any atom is 0.168 e. The molecule has 0 saturated heterocycles. The molecule has 1 aromatic carbocycles. The summed E-state index contributed by atoms with van der Waals surface area (Å²) in [5.41, 5.74) is 0.456. The van der Waals surface area contributed by atoms with Crippen molar-refractivity contribution in [3.8, 4) is 0 Å². The van der Waals surface area contributed by atoms with Crippen molar-refractivity contribution in [3.63, 3.8) is 0 Å². The number of hydrogen-bond acceptors (Lipinski definition) is 2. The number of benzene rings is 1. The summed E-state index contributed by atoms with van der Waals surface area (Å²) in [5.74, 6) is -0.699. The molecular weight excluding hydrogens is 207 g/mol. The van der Waals surface area contributed by atoms with Crippen LogP contribution in [0.1, 0.15) is 36.2 Å². The Bertz CT molecular complexity index is 397. The maximum atomic E-state index is 13.4. The van der Waals surface area contributed by atoms with Crippen molar-refractivity contribution in [1.82, 2.24) is 0 Å². The average Bonchev–Trinajstić information content (AvgIpc) is 2.21. The van der Waals surface area contributed by atoms with E-state index >= 15 is 0 Å². The molecule has 3 heteroatoms. The number of Topliss-reactive ketones (excluding diaryl/α,β-unsaturated/α-hetero) is 1. The molecule has 0 atom stereocenters. The normalized spacial score (nSPS) is 11.6. The lowest BCUT2D eigenvalue weighted by Gasteiger charge is -2.21. The molecule has 0 aromatic heterocycles. The second-order valence-corrected chi connectivity index (χ2v) is 4.55. The van der Waals surface area contributed by atoms with E-state index < -0.39 is 11.4 Å². The van der Waals surface area contributed by atoms with E-state index in [0.29, 0.717) is 0 Å². The topological polar surface area (TPSA) is 26.3 Å². The van der Waals surface area contributed by atoms with Crippen LogP contribution in [0.3, 0.4) is 0 Å². The van der Waals surface area contributed by atoms with Crippen LogP contribution in [0.4, 0.5) is 4.39 Å². The average molecular weight is 224 g/mol. The quantitative estimate of drug-likeness (QED) is 0.734. The van der Waals surface area contributed by atoms with Gasteiger partial charge in [-0.25, -0.2) is 4.39 Å². The lowest BCUT2D eigenvalue weighted by Crippen LogP contribution is -2.26. The first-order valence-electron chi connectivity index (χ1n) is 5.20. The smallest absolute Gasteiger partial charge is 0.168 e. The van der Waals surface area contributed by atoms with E-state index in [-0.39, 0.29) is 17.8 Å². The van der Waals surface area contributed by atoms with Crippen LogP contribution in [0.2, 0.25) is 0 Å². The summed E-state index contributed by atoms with van der Waals surface area (Å²) >= 11 is 0. The number of aryl methyl sites for hydroxylation is 1. The van der Waals surface area contributed by atoms with E-state index in [4.69, 9.17) is 4.74 Å². The third-order valence-electron chi connectivity index (χ3n) is 2.56. The zero-order valence-electron chi connectivity index (χ0n) is 10.1. The van der Waals surface area contributed by atoms with E-state index in [0.717, 1.165) is 5.56 Å². The van der Waals surface area contributed by atoms with Gasteiger partial charge in [-0.15, -0.1) is 0 Å². The van der Waals surface area contributed by atoms with Crippen LogP contribution in [0, 0.1) is 12.7 Å². The molecule has 0 amide bonds. The Labute approximate surface area is 95.4 Å². The fourth-order valence-corrected chi connectivity index (χ4v) is 1.41. The summed E-state index contributed by atoms with van der Waals surface area (Å²) in [6.07, 6.45) is 0.171. The molecule has 0 spiro atoms. The third-order valence-corrected chi connectivity index (χ3v) is 2.56. The van der Waals surface area contributed by atoms with E-state index in [2.05, 4.69) is 0 Å². The fraction of sp³-hybridized carbons (Fsp3) is 0.462. The number of methoxy groups -OCH3 is 1. The highest BCUT2D eigenvalue weighted by Gasteiger charge is 2.23. The zero-order chi connectivity index (χ0) is 12.3. The molecular formula is C13H17FO2. The van der Waals surface area contributed by atoms with E-state index in [1.54, 1.807) is 33.1 Å². The monoisotopic (exact) mass is 224 g/mol. The molecule has 16 heavy (non-hydrogen) atoms. The van der Waals surface area contributed by atoms with Gasteiger partial charge >= 0.3 is 0 Å². The largest absolute Gasteiger partial charge is 0.378 e. The Morgan fingerprint density at radius 1 is 1.44 bits per heavy atom. The van der Waals surface area contributed by atoms with Gasteiger partial charge < -0.3 is 4.74 Å². The summed E-state index contributed by atoms with van der Waals surface area (Å²) in [5, 5.41) is 0. The van der Waals surface area contributed by atoms with Crippen molar-refractivity contribution in [2.24, 2.45) is 0 Å². The molecule has 0 aliphatic carbocycles. The highest BCUT2D eigenvalue weighted by molar-refractivity contribution is 5.97. The van der Waals surface area contributed by atoms with Gasteiger partial charge in [0.05, 0.1) is 11.2 Å². The summed E-state index contributed by atoms with van der Waals surface area (Å²) in [7, 11) is 1.54. The molecule has 0 unspecified atom stereocenters. The highest BCUT2D eigenvalue weighted by Crippen LogP contribution is 2.19. The van der Waals surface area contributed by atoms with Crippen LogP contribution in [-0.4, -0.2) is 18.5 Å². The zero-order valence-corrected chi connectivity index (χ0v) is 10.1. The van der Waals surface area contributed by atoms with Crippen LogP contribution >= 0.6 is 0 Å². The summed E-state index contributed by atoms with van der Waals surface area (Å²) in [6, 6.07) is 4.54. The van der Waals surface area contributed by atoms with E-state index in [1.807, 2.05) is 6.92 Å². The molecule has 0 aliphatic rings. The predicted molar refractivity (Wildman–Crippen MR) is 61.2 cm³/mol. The van der Waals surface area contributed by atoms with Gasteiger partial charge in [-0.3, -0.25) is 4.79 Å². The van der Waals surface area contributed by atoms with Crippen LogP contribution in [0.5, 0.6) is 0 Å². The molecule has 1 aromatic rings. The number of hydrogen-bond donors (Lipinski definition) is 0. The first kappa shape index (κ1) is 12.8. The summed E-state index contributed by atoms with van der Waals surface area (Å²) in [6.45, 7) is 5.44. The van der Waals surface area contributed by atoms with Gasteiger partial charge in [0.15, 0.2) is 5.78 Å². The molecule has 0 aliphatic heterocycles. The van der Waals surface area contributed by atoms with Crippen LogP contribution < -0.4 is 0 Å². The van der Waals surface area contributed by atoms with Crippen LogP contribution in [0.25, 0.3) is 0 Å². The Hall–Kier alpha value is -1.22. The highest BCUT2D eigenvalue weighted by atomic mass is 19.1. The molecule has 0 heterocycles. The maximum absolute atomic E-state index is 13.4. The lowest BCUT2D eigenvalue weighted by atomic mass is 9.96. The molecule has 0 saturated carbocycles. The van der Waals surface area contributed by atoms with Gasteiger partial charge in [0.1, 0.15) is 5.82 Å². The number of halogens is 1. The number of carbonyl (C=O) groups excluding carboxylic acids is 1. The van der Waals surface area contributed by atoms with Gasteiger partial charge in [0, 0.05) is 13.5 Å². The first-order valence-corrected chi connectivity index (χ1v) is 5.20. The van der Waals surface area contributed by atoms with Crippen molar-refractivity contribution in [3.05, 3.63) is 35.1 Å². The van der Waals surface area contributed by atoms with Crippen LogP contribution in [0.15, 0.2) is 18.2 Å². The second-order valence-electron chi connectivity index (χ2n) is 4.55. The van der Waals surface area contributed by atoms with Crippen molar-refractivity contribution >= 4 is 5.78 Å². The molecule has 88 valence electrons. The predicted octanol–water partition coefficient (Wildman–Crippen LogP) is 3.13. The molecule has 1 rings (SSSR count). The Morgan fingerprint density at radius 3 is 2.62 bits per heavy atom. The Kier molecular flexibility index (Phi) is 3.81. The minimum Gasteiger partial charge on any atom is -0.378 e. The third kappa shape index (κ3) is 3.14. The van der Waals surface area contributed by atoms with Crippen LogP contribution in [-0.2, 0) is 4.74 Å². The van der Waals surface area contributed by atoms with Crippen molar-refractivity contribution in [1.29, 1.82) is 0 Å². The summed E-state index contributed by atoms with van der Waals surface area (Å²) < 4.78 is 18.6. The Balaban J connectivity index is 2.93. The minimum absolute atomic E-state index is 0.144. The lowest BCUT2D eigenvalue weighted by molar-refractivity contribution is 0.0171. The van der Waals surface area contributed by atoms with Gasteiger partial charge in [-0.2, -0.15) is 0 Å². The van der Waals surface area contributed by atoms with Gasteiger partial charge in [0.25, 0.3) is 0 Å². The van der Waals surface area contributed by atoms with Crippen molar-refractivity contribution < 1.29 is 13.9 Å². The number of ether oxygens (including phenoxy) is 1. The standard InChI is InChI=1S/C13H17FO2/c1-9-5-6-11(14)10(7-9)12(15)8-13(2,3)16-4/h5-7H,8H2,1-4H3. The Morgan fingerprint density at radius 2 is 2.06 bits per heavy atom. The molecule has 0 N–H and O–H groups in total. The molecule has 0 radical (unpaired) electrons. The molecule has 0 bridgehead atoms. The van der Waals surface area contributed by atoms with Crippen molar-refractivity contribution in [2.45, 2.75) is 32.8 Å². The minimum atomic E-state index is -0.562. The second kappa shape index (κ2) is 4.74. The number of ketones is 1. The van der Waals surface area contributed by atoms with Gasteiger partial charge in [-0.1, -0.05) is 11.6 Å². The van der Waals surface area contributed by atoms with E-state index in [1.165, 1.54) is 6.07 Å². The summed E-state index contributed by atoms with van der Waals surface area (Å²) in [4.78, 5) is 11.9. The fourth-order valence-electron chi connectivity index (χ4n) is 1.41. The van der Waals surface area contributed by atoms with Gasteiger partial charge in [0.2, 0.25) is 0 Å². The van der Waals surface area contributed by atoms with E-state index in [9.17, 15) is 9.18 Å². The number of rotatable bonds is 4. The molecule has 0 fully saturated rings. The number of carbonyl (C=O) groups is 1. The van der Waals surface area contributed by atoms with Crippen molar-refractivity contribution in [2.75, 3.05) is 7.11 Å². The van der Waals surface area contributed by atoms with Gasteiger partial charge in [-0.05, 0) is 32.9 Å². The SMILES string of the molecule is COC(C)(C)CC(=O)c1cc(C)ccc1F. The first-order chi connectivity index (χ1) is 7.35.